The highest BCUT2D eigenvalue weighted by Gasteiger charge is 2.14. The SMILES string of the molecule is CCN(CC)c1nc(C)c(N=Nc2cc(Cl)c(S(=O)(=O)[O-])cc2Cl)c(N)n1. The van der Waals surface area contributed by atoms with Gasteiger partial charge in [0.05, 0.1) is 20.6 Å². The number of nitrogen functional groups attached to an aromatic ring is 1. The van der Waals surface area contributed by atoms with Crippen molar-refractivity contribution in [2.24, 2.45) is 10.2 Å². The molecule has 1 heterocycles. The van der Waals surface area contributed by atoms with E-state index in [2.05, 4.69) is 20.2 Å². The Balaban J connectivity index is 2.43. The fraction of sp³-hybridized carbons (Fsp3) is 0.333. The molecule has 2 rings (SSSR count). The van der Waals surface area contributed by atoms with Gasteiger partial charge in [-0.1, -0.05) is 23.2 Å². The van der Waals surface area contributed by atoms with Crippen LogP contribution >= 0.6 is 23.2 Å². The Morgan fingerprint density at radius 3 is 2.30 bits per heavy atom. The predicted molar refractivity (Wildman–Crippen MR) is 103 cm³/mol. The highest BCUT2D eigenvalue weighted by Crippen LogP contribution is 2.35. The lowest BCUT2D eigenvalue weighted by Crippen LogP contribution is -2.24. The van der Waals surface area contributed by atoms with Gasteiger partial charge in [0.15, 0.2) is 5.82 Å². The van der Waals surface area contributed by atoms with E-state index >= 15 is 0 Å². The lowest BCUT2D eigenvalue weighted by atomic mass is 10.3. The molecule has 9 nitrogen and oxygen atoms in total. The van der Waals surface area contributed by atoms with Crippen molar-refractivity contribution in [2.45, 2.75) is 25.7 Å². The van der Waals surface area contributed by atoms with Crippen molar-refractivity contribution in [3.8, 4) is 0 Å². The van der Waals surface area contributed by atoms with Gasteiger partial charge in [-0.25, -0.2) is 13.4 Å². The fourth-order valence-electron chi connectivity index (χ4n) is 2.24. The van der Waals surface area contributed by atoms with Gasteiger partial charge in [-0.3, -0.25) is 0 Å². The Kier molecular flexibility index (Phi) is 6.58. The van der Waals surface area contributed by atoms with Crippen LogP contribution in [0.25, 0.3) is 0 Å². The van der Waals surface area contributed by atoms with E-state index in [9.17, 15) is 13.0 Å². The number of hydrogen-bond acceptors (Lipinski definition) is 9. The van der Waals surface area contributed by atoms with E-state index in [1.54, 1.807) is 6.92 Å². The molecule has 1 aromatic heterocycles. The van der Waals surface area contributed by atoms with Crippen LogP contribution in [-0.4, -0.2) is 36.0 Å². The third kappa shape index (κ3) is 4.83. The van der Waals surface area contributed by atoms with E-state index in [0.717, 1.165) is 25.2 Å². The van der Waals surface area contributed by atoms with Crippen LogP contribution in [0.4, 0.5) is 23.1 Å². The zero-order valence-electron chi connectivity index (χ0n) is 14.8. The van der Waals surface area contributed by atoms with Crippen molar-refractivity contribution in [2.75, 3.05) is 23.7 Å². The first-order valence-electron chi connectivity index (χ1n) is 7.84. The standard InChI is InChI=1S/C15H18Cl2N6O3S/c1-4-23(5-2)15-19-8(3)13(14(18)20-15)22-21-11-6-10(17)12(7-9(11)16)27(24,25)26/h6-7H,4-5H2,1-3H3,(H2,18,19,20)(H,24,25,26)/p-1. The van der Waals surface area contributed by atoms with Crippen LogP contribution in [-0.2, 0) is 10.1 Å². The van der Waals surface area contributed by atoms with E-state index in [1.807, 2.05) is 18.7 Å². The maximum absolute atomic E-state index is 11.1. The number of nitrogens with two attached hydrogens (primary N) is 1. The van der Waals surface area contributed by atoms with Crippen molar-refractivity contribution < 1.29 is 13.0 Å². The Morgan fingerprint density at radius 1 is 1.15 bits per heavy atom. The summed E-state index contributed by atoms with van der Waals surface area (Å²) < 4.78 is 33.4. The Hall–Kier alpha value is -2.01. The molecule has 0 saturated carbocycles. The van der Waals surface area contributed by atoms with Crippen LogP contribution in [0.1, 0.15) is 19.5 Å². The van der Waals surface area contributed by atoms with Crippen LogP contribution < -0.4 is 10.6 Å². The minimum absolute atomic E-state index is 0.0701. The number of halogens is 2. The molecule has 146 valence electrons. The van der Waals surface area contributed by atoms with E-state index in [4.69, 9.17) is 28.9 Å². The molecule has 0 spiro atoms. The number of aryl methyl sites for hydroxylation is 1. The highest BCUT2D eigenvalue weighted by molar-refractivity contribution is 7.85. The number of azo groups is 1. The summed E-state index contributed by atoms with van der Waals surface area (Å²) in [6.07, 6.45) is 0. The molecule has 0 atom stereocenters. The number of hydrogen-bond donors (Lipinski definition) is 1. The van der Waals surface area contributed by atoms with Gasteiger partial charge in [-0.15, -0.1) is 10.2 Å². The average Bonchev–Trinajstić information content (AvgIpc) is 2.56. The van der Waals surface area contributed by atoms with E-state index in [0.29, 0.717) is 11.6 Å². The maximum Gasteiger partial charge on any atom is 0.227 e. The maximum atomic E-state index is 11.1. The molecule has 1 aromatic carbocycles. The van der Waals surface area contributed by atoms with Crippen molar-refractivity contribution in [1.82, 2.24) is 9.97 Å². The number of nitrogens with zero attached hydrogens (tertiary/aromatic N) is 5. The van der Waals surface area contributed by atoms with Crippen LogP contribution in [0.3, 0.4) is 0 Å². The first kappa shape index (κ1) is 21.3. The molecule has 0 aliphatic carbocycles. The topological polar surface area (TPSA) is 137 Å². The normalized spacial score (nSPS) is 11.9. The van der Waals surface area contributed by atoms with Gasteiger partial charge >= 0.3 is 0 Å². The van der Waals surface area contributed by atoms with Crippen LogP contribution in [0.15, 0.2) is 27.3 Å². The third-order valence-corrected chi connectivity index (χ3v) is 5.25. The smallest absolute Gasteiger partial charge is 0.227 e. The van der Waals surface area contributed by atoms with Crippen molar-refractivity contribution >= 4 is 56.5 Å². The Labute approximate surface area is 167 Å². The summed E-state index contributed by atoms with van der Waals surface area (Å²) in [6, 6.07) is 2.06. The summed E-state index contributed by atoms with van der Waals surface area (Å²) in [6.45, 7) is 7.10. The van der Waals surface area contributed by atoms with Gasteiger partial charge in [-0.05, 0) is 32.9 Å². The molecule has 0 unspecified atom stereocenters. The molecule has 0 bridgehead atoms. The van der Waals surface area contributed by atoms with Crippen LogP contribution in [0, 0.1) is 6.92 Å². The quantitative estimate of drug-likeness (QED) is 0.541. The second-order valence-corrected chi connectivity index (χ2v) is 7.57. The zero-order chi connectivity index (χ0) is 20.4. The number of benzene rings is 1. The molecule has 0 aliphatic heterocycles. The molecule has 0 aliphatic rings. The molecular formula is C15H17Cl2N6O3S-. The zero-order valence-corrected chi connectivity index (χ0v) is 17.1. The Morgan fingerprint density at radius 2 is 1.78 bits per heavy atom. The number of aromatic nitrogens is 2. The molecule has 2 N–H and O–H groups in total. The van der Waals surface area contributed by atoms with Gasteiger partial charge in [-0.2, -0.15) is 4.98 Å². The van der Waals surface area contributed by atoms with E-state index in [1.165, 1.54) is 0 Å². The van der Waals surface area contributed by atoms with Crippen LogP contribution in [0.2, 0.25) is 10.0 Å². The lowest BCUT2D eigenvalue weighted by molar-refractivity contribution is 0.463. The van der Waals surface area contributed by atoms with Gasteiger partial charge in [0.1, 0.15) is 21.5 Å². The lowest BCUT2D eigenvalue weighted by Gasteiger charge is -2.19. The van der Waals surface area contributed by atoms with Gasteiger partial charge in [0.2, 0.25) is 5.95 Å². The molecule has 12 heteroatoms. The largest absolute Gasteiger partial charge is 0.744 e. The van der Waals surface area contributed by atoms with Crippen molar-refractivity contribution in [3.05, 3.63) is 27.9 Å². The van der Waals surface area contributed by atoms with E-state index in [-0.39, 0.29) is 27.2 Å². The molecule has 0 radical (unpaired) electrons. The molecular weight excluding hydrogens is 415 g/mol. The Bertz CT molecular complexity index is 970. The predicted octanol–water partition coefficient (Wildman–Crippen LogP) is 3.84. The monoisotopic (exact) mass is 431 g/mol. The van der Waals surface area contributed by atoms with Crippen LogP contribution in [0.5, 0.6) is 0 Å². The second kappa shape index (κ2) is 8.34. The third-order valence-electron chi connectivity index (χ3n) is 3.65. The van der Waals surface area contributed by atoms with Gasteiger partial charge in [0, 0.05) is 13.1 Å². The molecule has 0 saturated heterocycles. The summed E-state index contributed by atoms with van der Waals surface area (Å²) in [7, 11) is -4.75. The number of rotatable bonds is 6. The van der Waals surface area contributed by atoms with Crippen molar-refractivity contribution in [3.63, 3.8) is 0 Å². The first-order chi connectivity index (χ1) is 12.6. The summed E-state index contributed by atoms with van der Waals surface area (Å²) in [5.41, 5.74) is 6.80. The molecule has 27 heavy (non-hydrogen) atoms. The summed E-state index contributed by atoms with van der Waals surface area (Å²) >= 11 is 11.8. The minimum Gasteiger partial charge on any atom is -0.744 e. The fourth-order valence-corrected chi connectivity index (χ4v) is 3.50. The summed E-state index contributed by atoms with van der Waals surface area (Å²) in [5, 5.41) is 7.54. The van der Waals surface area contributed by atoms with E-state index < -0.39 is 15.0 Å². The molecule has 0 amide bonds. The van der Waals surface area contributed by atoms with Gasteiger partial charge < -0.3 is 15.2 Å². The minimum atomic E-state index is -4.75. The van der Waals surface area contributed by atoms with Gasteiger partial charge in [0.25, 0.3) is 0 Å². The number of anilines is 2. The first-order valence-corrected chi connectivity index (χ1v) is 10.0. The second-order valence-electron chi connectivity index (χ2n) is 5.40. The average molecular weight is 432 g/mol. The summed E-state index contributed by atoms with van der Waals surface area (Å²) in [4.78, 5) is 9.91. The summed E-state index contributed by atoms with van der Waals surface area (Å²) in [5.74, 6) is 0.620. The molecule has 2 aromatic rings. The molecule has 0 fully saturated rings. The van der Waals surface area contributed by atoms with Crippen molar-refractivity contribution in [1.29, 1.82) is 0 Å². The highest BCUT2D eigenvalue weighted by atomic mass is 35.5.